The number of hydrogen-bond donors (Lipinski definition) is 2. The third-order valence-corrected chi connectivity index (χ3v) is 6.44. The molecule has 0 radical (unpaired) electrons. The number of carbonyl (C=O) groups is 1. The molecule has 2 N–H and O–H groups in total. The molecule has 0 aliphatic carbocycles. The van der Waals surface area contributed by atoms with Crippen LogP contribution in [0.1, 0.15) is 24.0 Å². The van der Waals surface area contributed by atoms with Crippen LogP contribution in [0.5, 0.6) is 5.75 Å². The Morgan fingerprint density at radius 3 is 2.53 bits per heavy atom. The Labute approximate surface area is 200 Å². The number of ether oxygens (including phenoxy) is 1. The van der Waals surface area contributed by atoms with Crippen molar-refractivity contribution in [2.45, 2.75) is 25.7 Å². The predicted octanol–water partition coefficient (Wildman–Crippen LogP) is 5.98. The lowest BCUT2D eigenvalue weighted by atomic mass is 9.90. The van der Waals surface area contributed by atoms with Crippen LogP contribution in [-0.2, 0) is 12.8 Å². The Balaban J connectivity index is 1.25. The molecular formula is C28H32FN3O2. The quantitative estimate of drug-likeness (QED) is 0.434. The van der Waals surface area contributed by atoms with Gasteiger partial charge in [-0.25, -0.2) is 9.18 Å². The molecule has 0 spiro atoms. The van der Waals surface area contributed by atoms with Crippen molar-refractivity contribution in [1.82, 2.24) is 4.90 Å². The van der Waals surface area contributed by atoms with Gasteiger partial charge in [-0.3, -0.25) is 0 Å². The van der Waals surface area contributed by atoms with E-state index >= 15 is 0 Å². The zero-order valence-corrected chi connectivity index (χ0v) is 19.6. The van der Waals surface area contributed by atoms with Crippen molar-refractivity contribution in [3.8, 4) is 5.75 Å². The zero-order chi connectivity index (χ0) is 23.8. The monoisotopic (exact) mass is 461 g/mol. The first-order chi connectivity index (χ1) is 16.6. The van der Waals surface area contributed by atoms with Crippen LogP contribution in [0.4, 0.5) is 20.6 Å². The first kappa shape index (κ1) is 23.8. The largest absolute Gasteiger partial charge is 0.497 e. The molecule has 34 heavy (non-hydrogen) atoms. The first-order valence-electron chi connectivity index (χ1n) is 11.9. The highest BCUT2D eigenvalue weighted by molar-refractivity contribution is 6.00. The Bertz CT molecular complexity index is 1080. The van der Waals surface area contributed by atoms with Crippen LogP contribution in [0.3, 0.4) is 0 Å². The van der Waals surface area contributed by atoms with E-state index in [0.29, 0.717) is 17.4 Å². The molecule has 1 fully saturated rings. The van der Waals surface area contributed by atoms with E-state index in [0.717, 1.165) is 56.6 Å². The van der Waals surface area contributed by atoms with Crippen LogP contribution in [0.15, 0.2) is 72.8 Å². The average molecular weight is 462 g/mol. The highest BCUT2D eigenvalue weighted by Gasteiger charge is 2.19. The summed E-state index contributed by atoms with van der Waals surface area (Å²) in [5, 5.41) is 5.85. The number of para-hydroxylation sites is 1. The number of benzene rings is 3. The summed E-state index contributed by atoms with van der Waals surface area (Å²) in [5.41, 5.74) is 3.84. The number of halogens is 1. The molecule has 3 aromatic rings. The molecule has 0 unspecified atom stereocenters. The lowest BCUT2D eigenvalue weighted by Crippen LogP contribution is -2.35. The Morgan fingerprint density at radius 1 is 1.00 bits per heavy atom. The minimum absolute atomic E-state index is 0.175. The maximum atomic E-state index is 13.1. The summed E-state index contributed by atoms with van der Waals surface area (Å²) in [7, 11) is 1.60. The molecule has 1 saturated heterocycles. The molecule has 0 bridgehead atoms. The fourth-order valence-corrected chi connectivity index (χ4v) is 4.49. The number of nitrogens with zero attached hydrogens (tertiary/aromatic N) is 1. The van der Waals surface area contributed by atoms with Crippen LogP contribution in [0.25, 0.3) is 0 Å². The highest BCUT2D eigenvalue weighted by Crippen LogP contribution is 2.23. The Kier molecular flexibility index (Phi) is 8.15. The zero-order valence-electron chi connectivity index (χ0n) is 19.6. The normalized spacial score (nSPS) is 14.5. The summed E-state index contributed by atoms with van der Waals surface area (Å²) in [4.78, 5) is 15.0. The molecule has 1 aliphatic rings. The minimum atomic E-state index is -0.276. The van der Waals surface area contributed by atoms with Crippen molar-refractivity contribution in [3.05, 3.63) is 89.7 Å². The van der Waals surface area contributed by atoms with Crippen LogP contribution >= 0.6 is 0 Å². The molecule has 4 rings (SSSR count). The lowest BCUT2D eigenvalue weighted by Gasteiger charge is -2.32. The standard InChI is InChI=1S/C28H32FN3O2/c1-34-26-7-4-6-25(20-26)30-28(33)31-27-8-3-2-5-23(27)15-18-32-16-13-22(14-17-32)19-21-9-11-24(29)12-10-21/h2-12,20,22H,13-19H2,1H3,(H2,30,31,33). The molecule has 1 heterocycles. The van der Waals surface area contributed by atoms with Crippen molar-refractivity contribution >= 4 is 17.4 Å². The van der Waals surface area contributed by atoms with E-state index in [-0.39, 0.29) is 11.8 Å². The van der Waals surface area contributed by atoms with Gasteiger partial charge in [0.2, 0.25) is 0 Å². The molecule has 2 amide bonds. The van der Waals surface area contributed by atoms with Gasteiger partial charge in [0.15, 0.2) is 0 Å². The molecular weight excluding hydrogens is 429 g/mol. The third-order valence-electron chi connectivity index (χ3n) is 6.44. The van der Waals surface area contributed by atoms with Gasteiger partial charge < -0.3 is 20.3 Å². The van der Waals surface area contributed by atoms with Crippen molar-refractivity contribution in [3.63, 3.8) is 0 Å². The molecule has 0 aromatic heterocycles. The van der Waals surface area contributed by atoms with Gasteiger partial charge in [0, 0.05) is 24.0 Å². The maximum Gasteiger partial charge on any atom is 0.323 e. The molecule has 3 aromatic carbocycles. The minimum Gasteiger partial charge on any atom is -0.497 e. The smallest absolute Gasteiger partial charge is 0.323 e. The average Bonchev–Trinajstić information content (AvgIpc) is 2.86. The van der Waals surface area contributed by atoms with E-state index < -0.39 is 0 Å². The van der Waals surface area contributed by atoms with Gasteiger partial charge in [-0.15, -0.1) is 0 Å². The molecule has 0 atom stereocenters. The maximum absolute atomic E-state index is 13.1. The highest BCUT2D eigenvalue weighted by atomic mass is 19.1. The van der Waals surface area contributed by atoms with Crippen LogP contribution in [0.2, 0.25) is 0 Å². The van der Waals surface area contributed by atoms with Gasteiger partial charge >= 0.3 is 6.03 Å². The summed E-state index contributed by atoms with van der Waals surface area (Å²) in [5.74, 6) is 1.17. The second-order valence-electron chi connectivity index (χ2n) is 8.83. The third kappa shape index (κ3) is 6.81. The van der Waals surface area contributed by atoms with Gasteiger partial charge in [0.1, 0.15) is 11.6 Å². The van der Waals surface area contributed by atoms with Gasteiger partial charge in [0.25, 0.3) is 0 Å². The Hall–Kier alpha value is -3.38. The van der Waals surface area contributed by atoms with Crippen LogP contribution < -0.4 is 15.4 Å². The van der Waals surface area contributed by atoms with Gasteiger partial charge in [0.05, 0.1) is 7.11 Å². The fourth-order valence-electron chi connectivity index (χ4n) is 4.49. The summed E-state index contributed by atoms with van der Waals surface area (Å²) < 4.78 is 18.3. The number of likely N-dealkylation sites (tertiary alicyclic amines) is 1. The van der Waals surface area contributed by atoms with Crippen molar-refractivity contribution in [1.29, 1.82) is 0 Å². The number of piperidine rings is 1. The van der Waals surface area contributed by atoms with E-state index in [1.807, 2.05) is 48.5 Å². The number of nitrogens with one attached hydrogen (secondary N) is 2. The number of carbonyl (C=O) groups excluding carboxylic acids is 1. The molecule has 5 nitrogen and oxygen atoms in total. The predicted molar refractivity (Wildman–Crippen MR) is 135 cm³/mol. The van der Waals surface area contributed by atoms with Gasteiger partial charge in [-0.2, -0.15) is 0 Å². The number of anilines is 2. The first-order valence-corrected chi connectivity index (χ1v) is 11.9. The van der Waals surface area contributed by atoms with Crippen LogP contribution in [0, 0.1) is 11.7 Å². The number of rotatable bonds is 8. The number of amides is 2. The summed E-state index contributed by atoms with van der Waals surface area (Å²) in [6, 6.07) is 21.9. The van der Waals surface area contributed by atoms with E-state index in [9.17, 15) is 9.18 Å². The van der Waals surface area contributed by atoms with Crippen LogP contribution in [-0.4, -0.2) is 37.7 Å². The number of methoxy groups -OCH3 is 1. The number of urea groups is 1. The second kappa shape index (κ2) is 11.7. The summed E-state index contributed by atoms with van der Waals surface area (Å²) in [6.07, 6.45) is 4.20. The molecule has 0 saturated carbocycles. The topological polar surface area (TPSA) is 53.6 Å². The van der Waals surface area contributed by atoms with Crippen molar-refractivity contribution in [2.75, 3.05) is 37.4 Å². The SMILES string of the molecule is COc1cccc(NC(=O)Nc2ccccc2CCN2CCC(Cc3ccc(F)cc3)CC2)c1. The summed E-state index contributed by atoms with van der Waals surface area (Å²) >= 11 is 0. The molecule has 178 valence electrons. The van der Waals surface area contributed by atoms with E-state index in [1.54, 1.807) is 25.3 Å². The fraction of sp³-hybridized carbons (Fsp3) is 0.321. The number of hydrogen-bond acceptors (Lipinski definition) is 3. The van der Waals surface area contributed by atoms with E-state index in [4.69, 9.17) is 4.74 Å². The van der Waals surface area contributed by atoms with E-state index in [2.05, 4.69) is 21.6 Å². The molecule has 6 heteroatoms. The van der Waals surface area contributed by atoms with Gasteiger partial charge in [-0.05, 0) is 86.1 Å². The second-order valence-corrected chi connectivity index (χ2v) is 8.83. The summed E-state index contributed by atoms with van der Waals surface area (Å²) in [6.45, 7) is 3.09. The van der Waals surface area contributed by atoms with Crippen molar-refractivity contribution in [2.24, 2.45) is 5.92 Å². The molecule has 1 aliphatic heterocycles. The van der Waals surface area contributed by atoms with Gasteiger partial charge in [-0.1, -0.05) is 36.4 Å². The Morgan fingerprint density at radius 2 is 1.76 bits per heavy atom. The lowest BCUT2D eigenvalue weighted by molar-refractivity contribution is 0.186. The van der Waals surface area contributed by atoms with Crippen molar-refractivity contribution < 1.29 is 13.9 Å². The van der Waals surface area contributed by atoms with E-state index in [1.165, 1.54) is 5.56 Å².